The number of carbonyl (C=O) groups is 2. The van der Waals surface area contributed by atoms with Crippen molar-refractivity contribution in [1.29, 1.82) is 0 Å². The summed E-state index contributed by atoms with van der Waals surface area (Å²) in [6.07, 6.45) is 0. The molecule has 1 rings (SSSR count). The molecule has 1 aromatic rings. The van der Waals surface area contributed by atoms with E-state index in [2.05, 4.69) is 10.1 Å². The molecule has 82 valence electrons. The first kappa shape index (κ1) is 11.7. The maximum atomic E-state index is 11.6. The predicted octanol–water partition coefficient (Wildman–Crippen LogP) is 1.35. The van der Waals surface area contributed by atoms with Crippen LogP contribution >= 0.6 is 11.3 Å². The molecule has 1 heterocycles. The molecule has 1 atom stereocenters. The van der Waals surface area contributed by atoms with Gasteiger partial charge in [-0.15, -0.1) is 11.3 Å². The second-order valence-corrected chi connectivity index (χ2v) is 4.12. The van der Waals surface area contributed by atoms with Crippen LogP contribution in [0.4, 0.5) is 0 Å². The Labute approximate surface area is 92.2 Å². The van der Waals surface area contributed by atoms with Crippen molar-refractivity contribution < 1.29 is 14.3 Å². The number of thiophene rings is 1. The fourth-order valence-corrected chi connectivity index (χ4v) is 1.85. The van der Waals surface area contributed by atoms with Crippen LogP contribution < -0.4 is 5.32 Å². The largest absolute Gasteiger partial charge is 0.467 e. The van der Waals surface area contributed by atoms with Crippen molar-refractivity contribution in [2.75, 3.05) is 7.11 Å². The van der Waals surface area contributed by atoms with Gasteiger partial charge in [-0.2, -0.15) is 0 Å². The molecule has 0 radical (unpaired) electrons. The van der Waals surface area contributed by atoms with Crippen LogP contribution in [0, 0.1) is 6.92 Å². The van der Waals surface area contributed by atoms with Crippen LogP contribution in [0.1, 0.15) is 22.2 Å². The molecule has 0 bridgehead atoms. The van der Waals surface area contributed by atoms with Crippen molar-refractivity contribution in [3.63, 3.8) is 0 Å². The fraction of sp³-hybridized carbons (Fsp3) is 0.400. The van der Waals surface area contributed by atoms with E-state index in [0.717, 1.165) is 5.56 Å². The summed E-state index contributed by atoms with van der Waals surface area (Å²) in [6.45, 7) is 3.50. The van der Waals surface area contributed by atoms with Crippen LogP contribution in [0.3, 0.4) is 0 Å². The highest BCUT2D eigenvalue weighted by Crippen LogP contribution is 2.13. The van der Waals surface area contributed by atoms with Crippen LogP contribution in [0.2, 0.25) is 0 Å². The molecule has 0 aliphatic rings. The molecule has 0 spiro atoms. The Kier molecular flexibility index (Phi) is 3.85. The van der Waals surface area contributed by atoms with Crippen LogP contribution in [0.15, 0.2) is 11.4 Å². The van der Waals surface area contributed by atoms with Crippen molar-refractivity contribution in [1.82, 2.24) is 5.32 Å². The Morgan fingerprint density at radius 1 is 1.53 bits per heavy atom. The van der Waals surface area contributed by atoms with E-state index in [0.29, 0.717) is 4.88 Å². The van der Waals surface area contributed by atoms with E-state index in [4.69, 9.17) is 0 Å². The minimum atomic E-state index is -0.620. The first-order chi connectivity index (χ1) is 7.04. The fourth-order valence-electron chi connectivity index (χ4n) is 1.05. The van der Waals surface area contributed by atoms with Gasteiger partial charge in [-0.3, -0.25) is 4.79 Å². The van der Waals surface area contributed by atoms with Gasteiger partial charge in [0, 0.05) is 0 Å². The Bertz CT molecular complexity index is 372. The van der Waals surface area contributed by atoms with Crippen molar-refractivity contribution in [3.8, 4) is 0 Å². The second-order valence-electron chi connectivity index (χ2n) is 3.21. The van der Waals surface area contributed by atoms with E-state index in [1.807, 2.05) is 12.3 Å². The number of aryl methyl sites for hydroxylation is 1. The molecule has 0 saturated heterocycles. The quantitative estimate of drug-likeness (QED) is 0.793. The Morgan fingerprint density at radius 2 is 2.20 bits per heavy atom. The van der Waals surface area contributed by atoms with Crippen molar-refractivity contribution in [2.45, 2.75) is 19.9 Å². The molecule has 0 aliphatic carbocycles. The smallest absolute Gasteiger partial charge is 0.328 e. The maximum Gasteiger partial charge on any atom is 0.328 e. The van der Waals surface area contributed by atoms with E-state index in [9.17, 15) is 9.59 Å². The van der Waals surface area contributed by atoms with Crippen LogP contribution in [0.5, 0.6) is 0 Å². The van der Waals surface area contributed by atoms with E-state index in [1.54, 1.807) is 13.0 Å². The summed E-state index contributed by atoms with van der Waals surface area (Å²) in [6, 6.07) is 1.16. The SMILES string of the molecule is COC(=O)C(C)NC(=O)c1cc(C)cs1. The highest BCUT2D eigenvalue weighted by atomic mass is 32.1. The number of hydrogen-bond acceptors (Lipinski definition) is 4. The second kappa shape index (κ2) is 4.93. The third-order valence-electron chi connectivity index (χ3n) is 1.86. The third kappa shape index (κ3) is 3.06. The van der Waals surface area contributed by atoms with Gasteiger partial charge in [-0.25, -0.2) is 4.79 Å². The molecule has 0 aliphatic heterocycles. The van der Waals surface area contributed by atoms with E-state index in [-0.39, 0.29) is 5.91 Å². The number of carbonyl (C=O) groups excluding carboxylic acids is 2. The van der Waals surface area contributed by atoms with Gasteiger partial charge in [0.15, 0.2) is 0 Å². The van der Waals surface area contributed by atoms with Crippen LogP contribution in [-0.2, 0) is 9.53 Å². The monoisotopic (exact) mass is 227 g/mol. The third-order valence-corrected chi connectivity index (χ3v) is 2.90. The number of ether oxygens (including phenoxy) is 1. The Hall–Kier alpha value is -1.36. The lowest BCUT2D eigenvalue weighted by Gasteiger charge is -2.10. The average Bonchev–Trinajstić information content (AvgIpc) is 2.63. The summed E-state index contributed by atoms with van der Waals surface area (Å²) in [4.78, 5) is 23.2. The number of amides is 1. The minimum absolute atomic E-state index is 0.244. The Morgan fingerprint density at radius 3 is 2.67 bits per heavy atom. The molecule has 0 saturated carbocycles. The maximum absolute atomic E-state index is 11.6. The number of methoxy groups -OCH3 is 1. The number of esters is 1. The zero-order valence-electron chi connectivity index (χ0n) is 8.87. The molecule has 15 heavy (non-hydrogen) atoms. The van der Waals surface area contributed by atoms with Crippen LogP contribution in [0.25, 0.3) is 0 Å². The predicted molar refractivity (Wildman–Crippen MR) is 58.0 cm³/mol. The highest BCUT2D eigenvalue weighted by Gasteiger charge is 2.17. The first-order valence-electron chi connectivity index (χ1n) is 4.48. The zero-order valence-corrected chi connectivity index (χ0v) is 9.68. The molecule has 1 amide bonds. The summed E-state index contributed by atoms with van der Waals surface area (Å²) in [5.41, 5.74) is 1.04. The Balaban J connectivity index is 2.60. The van der Waals surface area contributed by atoms with Gasteiger partial charge in [-0.1, -0.05) is 0 Å². The first-order valence-corrected chi connectivity index (χ1v) is 5.36. The summed E-state index contributed by atoms with van der Waals surface area (Å²) in [5, 5.41) is 4.44. The average molecular weight is 227 g/mol. The lowest BCUT2D eigenvalue weighted by Crippen LogP contribution is -2.38. The molecular formula is C10H13NO3S. The zero-order chi connectivity index (χ0) is 11.4. The van der Waals surface area contributed by atoms with Crippen LogP contribution in [-0.4, -0.2) is 25.0 Å². The van der Waals surface area contributed by atoms with Gasteiger partial charge in [0.1, 0.15) is 6.04 Å². The van der Waals surface area contributed by atoms with E-state index < -0.39 is 12.0 Å². The molecule has 1 aromatic heterocycles. The number of nitrogens with one attached hydrogen (secondary N) is 1. The van der Waals surface area contributed by atoms with Gasteiger partial charge in [-0.05, 0) is 30.9 Å². The van der Waals surface area contributed by atoms with Gasteiger partial charge < -0.3 is 10.1 Å². The summed E-state index contributed by atoms with van der Waals surface area (Å²) >= 11 is 1.35. The summed E-state index contributed by atoms with van der Waals surface area (Å²) < 4.78 is 4.50. The van der Waals surface area contributed by atoms with Gasteiger partial charge in [0.2, 0.25) is 0 Å². The topological polar surface area (TPSA) is 55.4 Å². The molecule has 1 N–H and O–H groups in total. The van der Waals surface area contributed by atoms with Crippen molar-refractivity contribution >= 4 is 23.2 Å². The van der Waals surface area contributed by atoms with Crippen molar-refractivity contribution in [3.05, 3.63) is 21.9 Å². The number of rotatable bonds is 3. The lowest BCUT2D eigenvalue weighted by atomic mass is 10.3. The molecule has 1 unspecified atom stereocenters. The molecule has 4 nitrogen and oxygen atoms in total. The summed E-state index contributed by atoms with van der Waals surface area (Å²) in [5.74, 6) is -0.692. The molecule has 0 aromatic carbocycles. The molecule has 0 fully saturated rings. The minimum Gasteiger partial charge on any atom is -0.467 e. The lowest BCUT2D eigenvalue weighted by molar-refractivity contribution is -0.142. The molecule has 5 heteroatoms. The van der Waals surface area contributed by atoms with Gasteiger partial charge in [0.05, 0.1) is 12.0 Å². The van der Waals surface area contributed by atoms with E-state index in [1.165, 1.54) is 18.4 Å². The highest BCUT2D eigenvalue weighted by molar-refractivity contribution is 7.12. The number of hydrogen-bond donors (Lipinski definition) is 1. The summed E-state index contributed by atoms with van der Waals surface area (Å²) in [7, 11) is 1.29. The van der Waals surface area contributed by atoms with Gasteiger partial charge >= 0.3 is 5.97 Å². The van der Waals surface area contributed by atoms with Crippen molar-refractivity contribution in [2.24, 2.45) is 0 Å². The standard InChI is InChI=1S/C10H13NO3S/c1-6-4-8(15-5-6)9(12)11-7(2)10(13)14-3/h4-5,7H,1-3H3,(H,11,12). The molecular weight excluding hydrogens is 214 g/mol. The van der Waals surface area contributed by atoms with Gasteiger partial charge in [0.25, 0.3) is 5.91 Å². The normalized spacial score (nSPS) is 11.9. The van der Waals surface area contributed by atoms with E-state index >= 15 is 0 Å².